The first-order valence-corrected chi connectivity index (χ1v) is 3.57. The Kier molecular flexibility index (Phi) is 2.27. The van der Waals surface area contributed by atoms with Gasteiger partial charge in [-0.05, 0) is 13.8 Å². The van der Waals surface area contributed by atoms with Crippen LogP contribution in [-0.2, 0) is 6.42 Å². The molecule has 3 nitrogen and oxygen atoms in total. The molecule has 3 heteroatoms. The van der Waals surface area contributed by atoms with Gasteiger partial charge in [0.15, 0.2) is 0 Å². The molecule has 0 unspecified atom stereocenters. The van der Waals surface area contributed by atoms with Gasteiger partial charge in [0.05, 0.1) is 6.42 Å². The van der Waals surface area contributed by atoms with Crippen LogP contribution >= 0.6 is 0 Å². The summed E-state index contributed by atoms with van der Waals surface area (Å²) in [7, 11) is 0. The summed E-state index contributed by atoms with van der Waals surface area (Å²) >= 11 is 0. The molecule has 0 N–H and O–H groups in total. The van der Waals surface area contributed by atoms with E-state index in [0.717, 1.165) is 5.82 Å². The Bertz CT molecular complexity index is 267. The summed E-state index contributed by atoms with van der Waals surface area (Å²) in [4.78, 5) is 4.04. The summed E-state index contributed by atoms with van der Waals surface area (Å²) in [6.07, 6.45) is 7.25. The summed E-state index contributed by atoms with van der Waals surface area (Å²) in [6, 6.07) is 0.334. The SMILES string of the molecule is C#CCc1ncnn1C(C)C. The van der Waals surface area contributed by atoms with E-state index in [-0.39, 0.29) is 0 Å². The third kappa shape index (κ3) is 1.58. The maximum absolute atomic E-state index is 5.16. The molecule has 1 heterocycles. The van der Waals surface area contributed by atoms with Crippen molar-refractivity contribution in [2.24, 2.45) is 0 Å². The Balaban J connectivity index is 2.89. The molecule has 58 valence electrons. The Hall–Kier alpha value is -1.30. The van der Waals surface area contributed by atoms with Crippen LogP contribution < -0.4 is 0 Å². The van der Waals surface area contributed by atoms with Gasteiger partial charge >= 0.3 is 0 Å². The zero-order valence-electron chi connectivity index (χ0n) is 6.78. The molecule has 0 amide bonds. The van der Waals surface area contributed by atoms with E-state index in [1.165, 1.54) is 6.33 Å². The maximum atomic E-state index is 5.16. The molecule has 0 radical (unpaired) electrons. The standard InChI is InChI=1S/C8H11N3/c1-4-5-8-9-6-10-11(8)7(2)3/h1,6-7H,5H2,2-3H3. The van der Waals surface area contributed by atoms with Crippen molar-refractivity contribution in [1.29, 1.82) is 0 Å². The van der Waals surface area contributed by atoms with E-state index in [2.05, 4.69) is 29.9 Å². The van der Waals surface area contributed by atoms with E-state index >= 15 is 0 Å². The van der Waals surface area contributed by atoms with Crippen LogP contribution in [0, 0.1) is 12.3 Å². The first-order chi connectivity index (χ1) is 5.25. The predicted octanol–water partition coefficient (Wildman–Crippen LogP) is 1.03. The van der Waals surface area contributed by atoms with Crippen molar-refractivity contribution in [3.8, 4) is 12.3 Å². The van der Waals surface area contributed by atoms with Gasteiger partial charge in [-0.3, -0.25) is 0 Å². The summed E-state index contributed by atoms with van der Waals surface area (Å²) in [5, 5.41) is 4.04. The lowest BCUT2D eigenvalue weighted by Crippen LogP contribution is -2.07. The van der Waals surface area contributed by atoms with Gasteiger partial charge in [-0.2, -0.15) is 5.10 Å². The van der Waals surface area contributed by atoms with Crippen LogP contribution in [0.2, 0.25) is 0 Å². The van der Waals surface area contributed by atoms with Crippen molar-refractivity contribution in [3.05, 3.63) is 12.2 Å². The van der Waals surface area contributed by atoms with Crippen LogP contribution in [0.3, 0.4) is 0 Å². The van der Waals surface area contributed by atoms with Crippen molar-refractivity contribution in [1.82, 2.24) is 14.8 Å². The Labute approximate surface area is 66.4 Å². The molecular formula is C8H11N3. The molecule has 1 aromatic rings. The smallest absolute Gasteiger partial charge is 0.139 e. The second-order valence-corrected chi connectivity index (χ2v) is 2.60. The maximum Gasteiger partial charge on any atom is 0.139 e. The molecular weight excluding hydrogens is 138 g/mol. The lowest BCUT2D eigenvalue weighted by molar-refractivity contribution is 0.512. The van der Waals surface area contributed by atoms with Crippen LogP contribution in [0.25, 0.3) is 0 Å². The van der Waals surface area contributed by atoms with Crippen molar-refractivity contribution in [2.45, 2.75) is 26.3 Å². The molecule has 0 spiro atoms. The highest BCUT2D eigenvalue weighted by molar-refractivity contribution is 5.00. The second kappa shape index (κ2) is 3.20. The van der Waals surface area contributed by atoms with Crippen molar-refractivity contribution < 1.29 is 0 Å². The second-order valence-electron chi connectivity index (χ2n) is 2.60. The van der Waals surface area contributed by atoms with Crippen molar-refractivity contribution in [3.63, 3.8) is 0 Å². The van der Waals surface area contributed by atoms with Crippen LogP contribution in [0.15, 0.2) is 6.33 Å². The molecule has 0 aliphatic carbocycles. The molecule has 1 aromatic heterocycles. The highest BCUT2D eigenvalue weighted by Crippen LogP contribution is 2.04. The van der Waals surface area contributed by atoms with E-state index in [9.17, 15) is 0 Å². The fourth-order valence-corrected chi connectivity index (χ4v) is 0.923. The van der Waals surface area contributed by atoms with Gasteiger partial charge < -0.3 is 0 Å². The summed E-state index contributed by atoms with van der Waals surface area (Å²) < 4.78 is 1.83. The third-order valence-electron chi connectivity index (χ3n) is 1.40. The highest BCUT2D eigenvalue weighted by atomic mass is 15.3. The molecule has 0 bridgehead atoms. The topological polar surface area (TPSA) is 30.7 Å². The van der Waals surface area contributed by atoms with Crippen molar-refractivity contribution in [2.75, 3.05) is 0 Å². The number of rotatable bonds is 2. The van der Waals surface area contributed by atoms with Crippen LogP contribution in [-0.4, -0.2) is 14.8 Å². The minimum Gasteiger partial charge on any atom is -0.247 e. The number of terminal acetylenes is 1. The average molecular weight is 149 g/mol. The van der Waals surface area contributed by atoms with E-state index in [0.29, 0.717) is 12.5 Å². The highest BCUT2D eigenvalue weighted by Gasteiger charge is 2.04. The van der Waals surface area contributed by atoms with Gasteiger partial charge in [0.1, 0.15) is 12.2 Å². The molecule has 0 aromatic carbocycles. The summed E-state index contributed by atoms with van der Waals surface area (Å²) in [6.45, 7) is 4.10. The van der Waals surface area contributed by atoms with Gasteiger partial charge in [0.2, 0.25) is 0 Å². The van der Waals surface area contributed by atoms with Gasteiger partial charge in [-0.15, -0.1) is 6.42 Å². The summed E-state index contributed by atoms with van der Waals surface area (Å²) in [5.74, 6) is 3.41. The normalized spacial score (nSPS) is 10.0. The Morgan fingerprint density at radius 1 is 1.73 bits per heavy atom. The minimum atomic E-state index is 0.334. The Morgan fingerprint density at radius 2 is 2.45 bits per heavy atom. The van der Waals surface area contributed by atoms with E-state index in [1.807, 2.05) is 4.68 Å². The van der Waals surface area contributed by atoms with Crippen molar-refractivity contribution >= 4 is 0 Å². The first-order valence-electron chi connectivity index (χ1n) is 3.57. The van der Waals surface area contributed by atoms with Gasteiger partial charge in [0.25, 0.3) is 0 Å². The number of hydrogen-bond donors (Lipinski definition) is 0. The molecule has 0 atom stereocenters. The fourth-order valence-electron chi connectivity index (χ4n) is 0.923. The van der Waals surface area contributed by atoms with Gasteiger partial charge in [-0.25, -0.2) is 9.67 Å². The third-order valence-corrected chi connectivity index (χ3v) is 1.40. The zero-order chi connectivity index (χ0) is 8.27. The van der Waals surface area contributed by atoms with E-state index < -0.39 is 0 Å². The molecule has 0 aliphatic rings. The number of hydrogen-bond acceptors (Lipinski definition) is 2. The molecule has 0 saturated heterocycles. The zero-order valence-corrected chi connectivity index (χ0v) is 6.78. The number of aromatic nitrogens is 3. The summed E-state index contributed by atoms with van der Waals surface area (Å²) in [5.41, 5.74) is 0. The first kappa shape index (κ1) is 7.80. The van der Waals surface area contributed by atoms with Gasteiger partial charge in [0, 0.05) is 6.04 Å². The fraction of sp³-hybridized carbons (Fsp3) is 0.500. The van der Waals surface area contributed by atoms with E-state index in [4.69, 9.17) is 6.42 Å². The Morgan fingerprint density at radius 3 is 3.00 bits per heavy atom. The van der Waals surface area contributed by atoms with Crippen LogP contribution in [0.5, 0.6) is 0 Å². The average Bonchev–Trinajstić information content (AvgIpc) is 2.36. The number of nitrogens with zero attached hydrogens (tertiary/aromatic N) is 3. The van der Waals surface area contributed by atoms with Crippen LogP contribution in [0.1, 0.15) is 25.7 Å². The molecule has 0 aliphatic heterocycles. The molecule has 0 saturated carbocycles. The molecule has 0 fully saturated rings. The van der Waals surface area contributed by atoms with Gasteiger partial charge in [-0.1, -0.05) is 5.92 Å². The molecule has 1 rings (SSSR count). The quantitative estimate of drug-likeness (QED) is 0.588. The predicted molar refractivity (Wildman–Crippen MR) is 42.9 cm³/mol. The molecule has 11 heavy (non-hydrogen) atoms. The van der Waals surface area contributed by atoms with Crippen LogP contribution in [0.4, 0.5) is 0 Å². The minimum absolute atomic E-state index is 0.334. The monoisotopic (exact) mass is 149 g/mol. The lowest BCUT2D eigenvalue weighted by Gasteiger charge is -2.06. The largest absolute Gasteiger partial charge is 0.247 e. The lowest BCUT2D eigenvalue weighted by atomic mass is 10.3. The van der Waals surface area contributed by atoms with E-state index in [1.54, 1.807) is 0 Å².